The summed E-state index contributed by atoms with van der Waals surface area (Å²) >= 11 is 5.83. The minimum absolute atomic E-state index is 0.148. The minimum atomic E-state index is -0.254. The monoisotopic (exact) mass is 257 g/mol. The van der Waals surface area contributed by atoms with E-state index in [1.165, 1.54) is 12.1 Å². The van der Waals surface area contributed by atoms with Crippen molar-refractivity contribution in [2.75, 3.05) is 13.1 Å². The highest BCUT2D eigenvalue weighted by atomic mass is 35.5. The molecule has 1 aromatic carbocycles. The lowest BCUT2D eigenvalue weighted by molar-refractivity contribution is 0.284. The van der Waals surface area contributed by atoms with Crippen LogP contribution in [-0.2, 0) is 6.54 Å². The van der Waals surface area contributed by atoms with E-state index < -0.39 is 0 Å². The highest BCUT2D eigenvalue weighted by Crippen LogP contribution is 2.16. The summed E-state index contributed by atoms with van der Waals surface area (Å²) in [6, 6.07) is 4.54. The van der Waals surface area contributed by atoms with Gasteiger partial charge in [-0.25, -0.2) is 4.39 Å². The maximum Gasteiger partial charge on any atom is 0.127 e. The quantitative estimate of drug-likeness (QED) is 0.608. The second-order valence-corrected chi connectivity index (χ2v) is 4.32. The van der Waals surface area contributed by atoms with Crippen molar-refractivity contribution in [1.29, 1.82) is 5.41 Å². The molecule has 3 N–H and O–H groups in total. The van der Waals surface area contributed by atoms with Gasteiger partial charge in [0.25, 0.3) is 0 Å². The van der Waals surface area contributed by atoms with E-state index in [2.05, 4.69) is 0 Å². The van der Waals surface area contributed by atoms with Gasteiger partial charge in [0.05, 0.1) is 5.84 Å². The average Bonchev–Trinajstić information content (AvgIpc) is 2.28. The van der Waals surface area contributed by atoms with Crippen molar-refractivity contribution in [2.24, 2.45) is 5.73 Å². The zero-order valence-electron chi connectivity index (χ0n) is 9.84. The van der Waals surface area contributed by atoms with Crippen LogP contribution in [0.1, 0.15) is 18.9 Å². The second kappa shape index (κ2) is 6.57. The molecule has 0 atom stereocenters. The Kier molecular flexibility index (Phi) is 5.38. The van der Waals surface area contributed by atoms with Gasteiger partial charge in [-0.1, -0.05) is 18.5 Å². The average molecular weight is 258 g/mol. The van der Waals surface area contributed by atoms with Crippen LogP contribution in [0.5, 0.6) is 0 Å². The van der Waals surface area contributed by atoms with Crippen LogP contribution in [-0.4, -0.2) is 23.8 Å². The van der Waals surface area contributed by atoms with E-state index in [1.807, 2.05) is 11.8 Å². The van der Waals surface area contributed by atoms with Crippen molar-refractivity contribution in [2.45, 2.75) is 19.9 Å². The molecule has 3 nitrogen and oxygen atoms in total. The predicted molar refractivity (Wildman–Crippen MR) is 68.9 cm³/mol. The molecule has 0 aliphatic rings. The second-order valence-electron chi connectivity index (χ2n) is 3.88. The van der Waals surface area contributed by atoms with Crippen LogP contribution in [0, 0.1) is 11.2 Å². The van der Waals surface area contributed by atoms with Crippen molar-refractivity contribution in [1.82, 2.24) is 4.90 Å². The van der Waals surface area contributed by atoms with Gasteiger partial charge in [0.15, 0.2) is 0 Å². The number of halogens is 2. The predicted octanol–water partition coefficient (Wildman–Crippen LogP) is 2.63. The Balaban J connectivity index is 2.66. The van der Waals surface area contributed by atoms with Crippen LogP contribution in [0.15, 0.2) is 18.2 Å². The summed E-state index contributed by atoms with van der Waals surface area (Å²) in [5, 5.41) is 7.71. The zero-order valence-corrected chi connectivity index (χ0v) is 10.6. The third kappa shape index (κ3) is 4.71. The molecule has 0 fully saturated rings. The molecule has 0 spiro atoms. The van der Waals surface area contributed by atoms with Crippen molar-refractivity contribution in [3.05, 3.63) is 34.6 Å². The highest BCUT2D eigenvalue weighted by molar-refractivity contribution is 6.30. The van der Waals surface area contributed by atoms with Crippen molar-refractivity contribution in [3.8, 4) is 0 Å². The van der Waals surface area contributed by atoms with Gasteiger partial charge in [0.2, 0.25) is 0 Å². The van der Waals surface area contributed by atoms with Gasteiger partial charge in [-0.05, 0) is 24.7 Å². The first-order valence-electron chi connectivity index (χ1n) is 5.52. The number of rotatable bonds is 6. The molecule has 94 valence electrons. The number of hydrogen-bond donors (Lipinski definition) is 2. The Labute approximate surface area is 106 Å². The molecule has 0 amide bonds. The topological polar surface area (TPSA) is 53.1 Å². The van der Waals surface area contributed by atoms with Gasteiger partial charge in [0.1, 0.15) is 5.82 Å². The molecule has 0 saturated carbocycles. The van der Waals surface area contributed by atoms with Gasteiger partial charge in [-0.2, -0.15) is 0 Å². The first-order chi connectivity index (χ1) is 8.02. The SMILES string of the molecule is CCN(CCC(=N)N)Cc1cc(Cl)ccc1F. The summed E-state index contributed by atoms with van der Waals surface area (Å²) < 4.78 is 13.5. The third-order valence-electron chi connectivity index (χ3n) is 2.55. The van der Waals surface area contributed by atoms with Gasteiger partial charge in [-0.15, -0.1) is 0 Å². The van der Waals surface area contributed by atoms with Crippen molar-refractivity contribution in [3.63, 3.8) is 0 Å². The summed E-state index contributed by atoms with van der Waals surface area (Å²) in [4.78, 5) is 2.02. The summed E-state index contributed by atoms with van der Waals surface area (Å²) in [7, 11) is 0. The van der Waals surface area contributed by atoms with Gasteiger partial charge >= 0.3 is 0 Å². The van der Waals surface area contributed by atoms with E-state index in [1.54, 1.807) is 6.07 Å². The summed E-state index contributed by atoms with van der Waals surface area (Å²) in [6.07, 6.45) is 0.496. The molecular weight excluding hydrogens is 241 g/mol. The Bertz CT molecular complexity index is 395. The van der Waals surface area contributed by atoms with Crippen LogP contribution in [0.4, 0.5) is 4.39 Å². The molecule has 5 heteroatoms. The van der Waals surface area contributed by atoms with E-state index in [9.17, 15) is 4.39 Å². The first-order valence-corrected chi connectivity index (χ1v) is 5.90. The fraction of sp³-hybridized carbons (Fsp3) is 0.417. The van der Waals surface area contributed by atoms with Crippen molar-refractivity contribution < 1.29 is 4.39 Å². The van der Waals surface area contributed by atoms with Crippen LogP contribution < -0.4 is 5.73 Å². The molecule has 0 radical (unpaired) electrons. The number of benzene rings is 1. The van der Waals surface area contributed by atoms with Gasteiger partial charge in [0, 0.05) is 30.1 Å². The Morgan fingerprint density at radius 3 is 2.82 bits per heavy atom. The molecule has 0 unspecified atom stereocenters. The fourth-order valence-corrected chi connectivity index (χ4v) is 1.73. The van der Waals surface area contributed by atoms with E-state index >= 15 is 0 Å². The highest BCUT2D eigenvalue weighted by Gasteiger charge is 2.08. The summed E-state index contributed by atoms with van der Waals surface area (Å²) in [6.45, 7) is 3.90. The summed E-state index contributed by atoms with van der Waals surface area (Å²) in [5.74, 6) is -0.106. The molecule has 0 heterocycles. The molecular formula is C12H17ClFN3. The molecule has 1 aromatic rings. The fourth-order valence-electron chi connectivity index (χ4n) is 1.53. The van der Waals surface area contributed by atoms with Gasteiger partial charge < -0.3 is 5.73 Å². The van der Waals surface area contributed by atoms with Crippen LogP contribution in [0.2, 0.25) is 5.02 Å². The number of hydrogen-bond acceptors (Lipinski definition) is 2. The lowest BCUT2D eigenvalue weighted by Crippen LogP contribution is -2.27. The minimum Gasteiger partial charge on any atom is -0.388 e. The lowest BCUT2D eigenvalue weighted by Gasteiger charge is -2.20. The molecule has 1 rings (SSSR count). The molecule has 0 aromatic heterocycles. The molecule has 17 heavy (non-hydrogen) atoms. The number of nitrogens with one attached hydrogen (secondary N) is 1. The first kappa shape index (κ1) is 13.9. The zero-order chi connectivity index (χ0) is 12.8. The smallest absolute Gasteiger partial charge is 0.127 e. The van der Waals surface area contributed by atoms with E-state index in [0.29, 0.717) is 30.1 Å². The van der Waals surface area contributed by atoms with Gasteiger partial charge in [-0.3, -0.25) is 10.3 Å². The third-order valence-corrected chi connectivity index (χ3v) is 2.78. The van der Waals surface area contributed by atoms with Crippen LogP contribution in [0.3, 0.4) is 0 Å². The molecule has 0 aliphatic carbocycles. The van der Waals surface area contributed by atoms with E-state index in [4.69, 9.17) is 22.7 Å². The summed E-state index contributed by atoms with van der Waals surface area (Å²) in [5.41, 5.74) is 5.88. The number of nitrogens with two attached hydrogens (primary N) is 1. The standard InChI is InChI=1S/C12H17ClFN3/c1-2-17(6-5-12(15)16)8-9-7-10(13)3-4-11(9)14/h3-4,7H,2,5-6,8H2,1H3,(H3,15,16). The Morgan fingerprint density at radius 2 is 2.24 bits per heavy atom. The normalized spacial score (nSPS) is 10.8. The van der Waals surface area contributed by atoms with E-state index in [0.717, 1.165) is 6.54 Å². The van der Waals surface area contributed by atoms with Crippen molar-refractivity contribution >= 4 is 17.4 Å². The number of nitrogens with zero attached hydrogens (tertiary/aromatic N) is 1. The maximum atomic E-state index is 13.5. The van der Waals surface area contributed by atoms with Crippen LogP contribution in [0.25, 0.3) is 0 Å². The molecule has 0 bridgehead atoms. The Morgan fingerprint density at radius 1 is 1.53 bits per heavy atom. The van der Waals surface area contributed by atoms with E-state index in [-0.39, 0.29) is 11.7 Å². The Hall–Kier alpha value is -1.13. The molecule has 0 aliphatic heterocycles. The maximum absolute atomic E-state index is 13.5. The van der Waals surface area contributed by atoms with Crippen LogP contribution >= 0.6 is 11.6 Å². The lowest BCUT2D eigenvalue weighted by atomic mass is 10.2. The molecule has 0 saturated heterocycles. The largest absolute Gasteiger partial charge is 0.388 e. The number of amidine groups is 1.